The van der Waals surface area contributed by atoms with E-state index in [4.69, 9.17) is 0 Å². The van der Waals surface area contributed by atoms with Crippen LogP contribution in [0.1, 0.15) is 24.1 Å². The van der Waals surface area contributed by atoms with Gasteiger partial charge < -0.3 is 9.80 Å². The molecule has 5 rings (SSSR count). The van der Waals surface area contributed by atoms with E-state index in [0.29, 0.717) is 12.5 Å². The normalized spacial score (nSPS) is 23.3. The Morgan fingerprint density at radius 2 is 2.08 bits per heavy atom. The van der Waals surface area contributed by atoms with Crippen molar-refractivity contribution in [3.05, 3.63) is 40.5 Å². The molecule has 26 heavy (non-hydrogen) atoms. The van der Waals surface area contributed by atoms with Crippen LogP contribution in [-0.2, 0) is 17.9 Å². The predicted octanol–water partition coefficient (Wildman–Crippen LogP) is 2.23. The minimum atomic E-state index is 0.112. The first kappa shape index (κ1) is 17.4. The van der Waals surface area contributed by atoms with E-state index in [0.717, 1.165) is 44.0 Å². The largest absolute Gasteiger partial charge is 0.363 e. The zero-order valence-corrected chi connectivity index (χ0v) is 16.2. The van der Waals surface area contributed by atoms with Crippen molar-refractivity contribution in [1.29, 1.82) is 0 Å². The molecular weight excluding hydrogens is 346 g/mol. The first-order chi connectivity index (χ1) is 12.6. The van der Waals surface area contributed by atoms with Gasteiger partial charge >= 0.3 is 0 Å². The molecule has 3 aliphatic rings. The average Bonchev–Trinajstić information content (AvgIpc) is 3.01. The quantitative estimate of drug-likeness (QED) is 0.807. The molecule has 2 bridgehead atoms. The second-order valence-corrected chi connectivity index (χ2v) is 8.21. The van der Waals surface area contributed by atoms with Crippen molar-refractivity contribution in [3.8, 4) is 0 Å². The number of hydrogen-bond acceptors (Lipinski definition) is 6. The summed E-state index contributed by atoms with van der Waals surface area (Å²) in [5, 5.41) is 2.04. The summed E-state index contributed by atoms with van der Waals surface area (Å²) in [6.45, 7) is 3.28. The summed E-state index contributed by atoms with van der Waals surface area (Å²) in [6, 6.07) is 4.49. The molecule has 138 valence electrons. The van der Waals surface area contributed by atoms with Crippen molar-refractivity contribution in [1.82, 2.24) is 19.8 Å². The van der Waals surface area contributed by atoms with Crippen LogP contribution in [-0.4, -0.2) is 58.9 Å². The number of hydrogen-bond donors (Lipinski definition) is 0. The van der Waals surface area contributed by atoms with Crippen LogP contribution in [0.2, 0.25) is 0 Å². The fourth-order valence-electron chi connectivity index (χ4n) is 3.99. The van der Waals surface area contributed by atoms with Gasteiger partial charge in [-0.3, -0.25) is 9.69 Å². The number of rotatable bonds is 5. The van der Waals surface area contributed by atoms with Crippen LogP contribution in [0.25, 0.3) is 0 Å². The van der Waals surface area contributed by atoms with Gasteiger partial charge in [0.05, 0.1) is 23.7 Å². The third-order valence-electron chi connectivity index (χ3n) is 5.36. The molecule has 0 aliphatic carbocycles. The minimum Gasteiger partial charge on any atom is -0.363 e. The summed E-state index contributed by atoms with van der Waals surface area (Å²) in [5.41, 5.74) is 4.05. The molecule has 0 spiro atoms. The molecule has 3 fully saturated rings. The molecule has 2 aromatic rings. The Morgan fingerprint density at radius 1 is 1.19 bits per heavy atom. The molecular formula is C19H25N5OS. The van der Waals surface area contributed by atoms with Crippen LogP contribution in [0, 0.1) is 5.92 Å². The smallest absolute Gasteiger partial charge is 0.227 e. The molecule has 7 heteroatoms. The van der Waals surface area contributed by atoms with Crippen LogP contribution < -0.4 is 4.90 Å². The third-order valence-corrected chi connectivity index (χ3v) is 5.99. The van der Waals surface area contributed by atoms with Crippen molar-refractivity contribution < 1.29 is 4.79 Å². The van der Waals surface area contributed by atoms with Crippen LogP contribution >= 0.6 is 11.3 Å². The molecule has 0 saturated carbocycles. The van der Waals surface area contributed by atoms with Gasteiger partial charge in [-0.15, -0.1) is 11.3 Å². The first-order valence-electron chi connectivity index (χ1n) is 9.12. The number of carbonyl (C=O) groups is 1. The summed E-state index contributed by atoms with van der Waals surface area (Å²) in [5.74, 6) is 1.38. The Balaban J connectivity index is 1.46. The Morgan fingerprint density at radius 3 is 2.77 bits per heavy atom. The monoisotopic (exact) mass is 371 g/mol. The van der Waals surface area contributed by atoms with Gasteiger partial charge in [0.2, 0.25) is 5.91 Å². The number of fused-ring (bicyclic) bond motifs is 4. The van der Waals surface area contributed by atoms with Gasteiger partial charge in [0.1, 0.15) is 5.82 Å². The number of pyridine rings is 1. The maximum absolute atomic E-state index is 12.9. The van der Waals surface area contributed by atoms with Crippen LogP contribution in [0.15, 0.2) is 29.2 Å². The molecule has 0 N–H and O–H groups in total. The molecule has 0 radical (unpaired) electrons. The summed E-state index contributed by atoms with van der Waals surface area (Å²) in [7, 11) is 3.99. The molecule has 1 amide bonds. The lowest BCUT2D eigenvalue weighted by Gasteiger charge is -2.35. The Hall–Kier alpha value is -1.99. The van der Waals surface area contributed by atoms with Crippen molar-refractivity contribution in [2.24, 2.45) is 5.92 Å². The number of aromatic nitrogens is 2. The first-order valence-corrected chi connectivity index (χ1v) is 10.1. The van der Waals surface area contributed by atoms with Crippen molar-refractivity contribution >= 4 is 23.1 Å². The number of thiazole rings is 1. The van der Waals surface area contributed by atoms with E-state index < -0.39 is 0 Å². The molecule has 0 unspecified atom stereocenters. The molecule has 6 nitrogen and oxygen atoms in total. The van der Waals surface area contributed by atoms with Gasteiger partial charge in [0, 0.05) is 51.3 Å². The summed E-state index contributed by atoms with van der Waals surface area (Å²) in [6.07, 6.45) is 4.05. The van der Waals surface area contributed by atoms with Gasteiger partial charge in [-0.25, -0.2) is 9.97 Å². The second kappa shape index (κ2) is 7.32. The highest BCUT2D eigenvalue weighted by atomic mass is 32.1. The standard InChI is InChI=1S/C19H25N5OS/c1-22(2)18-6-3-14(7-20-18)8-23-9-15-4-5-17(11-23)24(19(15)25)10-16-12-26-13-21-16/h3,6-7,12-13,15,17H,4-5,8-11H2,1-2H3/t15-,17+/m1/s1. The molecule has 0 aromatic carbocycles. The van der Waals surface area contributed by atoms with E-state index in [-0.39, 0.29) is 12.0 Å². The highest BCUT2D eigenvalue weighted by molar-refractivity contribution is 7.07. The summed E-state index contributed by atoms with van der Waals surface area (Å²) in [4.78, 5) is 28.3. The SMILES string of the molecule is CN(C)c1ccc(CN2C[C@H]3CC[C@@H](C2)N(Cc2cscn2)C3=O)cn1. The average molecular weight is 372 g/mol. The number of piperidine rings is 1. The number of carbonyl (C=O) groups excluding carboxylic acids is 1. The maximum atomic E-state index is 12.9. The fraction of sp³-hybridized carbons (Fsp3) is 0.526. The molecule has 2 aromatic heterocycles. The second-order valence-electron chi connectivity index (χ2n) is 7.49. The Kier molecular flexibility index (Phi) is 4.91. The van der Waals surface area contributed by atoms with Gasteiger partial charge in [-0.1, -0.05) is 6.07 Å². The van der Waals surface area contributed by atoms with Crippen LogP contribution in [0.5, 0.6) is 0 Å². The van der Waals surface area contributed by atoms with E-state index in [9.17, 15) is 4.79 Å². The maximum Gasteiger partial charge on any atom is 0.227 e. The van der Waals surface area contributed by atoms with Crippen molar-refractivity contribution in [2.45, 2.75) is 32.0 Å². The van der Waals surface area contributed by atoms with E-state index in [1.807, 2.05) is 36.1 Å². The fourth-order valence-corrected chi connectivity index (χ4v) is 4.54. The molecule has 3 aliphatic heterocycles. The third kappa shape index (κ3) is 3.59. The van der Waals surface area contributed by atoms with E-state index in [2.05, 4.69) is 31.9 Å². The number of nitrogens with zero attached hydrogens (tertiary/aromatic N) is 5. The van der Waals surface area contributed by atoms with E-state index in [1.54, 1.807) is 11.3 Å². The minimum absolute atomic E-state index is 0.112. The van der Waals surface area contributed by atoms with Gasteiger partial charge in [-0.05, 0) is 24.5 Å². The zero-order chi connectivity index (χ0) is 18.1. The van der Waals surface area contributed by atoms with E-state index in [1.165, 1.54) is 5.56 Å². The highest BCUT2D eigenvalue weighted by Crippen LogP contribution is 2.31. The zero-order valence-electron chi connectivity index (χ0n) is 15.3. The van der Waals surface area contributed by atoms with Gasteiger partial charge in [0.25, 0.3) is 0 Å². The summed E-state index contributed by atoms with van der Waals surface area (Å²) < 4.78 is 0. The lowest BCUT2D eigenvalue weighted by molar-refractivity contribution is -0.140. The van der Waals surface area contributed by atoms with Crippen LogP contribution in [0.4, 0.5) is 5.82 Å². The van der Waals surface area contributed by atoms with E-state index >= 15 is 0 Å². The predicted molar refractivity (Wildman–Crippen MR) is 103 cm³/mol. The van der Waals surface area contributed by atoms with Crippen molar-refractivity contribution in [2.75, 3.05) is 32.1 Å². The van der Waals surface area contributed by atoms with Gasteiger partial charge in [0.15, 0.2) is 0 Å². The number of anilines is 1. The summed E-state index contributed by atoms with van der Waals surface area (Å²) >= 11 is 1.59. The molecule has 2 atom stereocenters. The van der Waals surface area contributed by atoms with Crippen LogP contribution in [0.3, 0.4) is 0 Å². The van der Waals surface area contributed by atoms with Crippen molar-refractivity contribution in [3.63, 3.8) is 0 Å². The lowest BCUT2D eigenvalue weighted by atomic mass is 9.94. The lowest BCUT2D eigenvalue weighted by Crippen LogP contribution is -2.47. The molecule has 3 saturated heterocycles. The topological polar surface area (TPSA) is 52.6 Å². The Labute approximate surface area is 158 Å². The number of amides is 1. The Bertz CT molecular complexity index is 746. The molecule has 5 heterocycles. The van der Waals surface area contributed by atoms with Gasteiger partial charge in [-0.2, -0.15) is 0 Å². The highest BCUT2D eigenvalue weighted by Gasteiger charge is 2.40.